The van der Waals surface area contributed by atoms with Crippen LogP contribution < -0.4 is 9.80 Å². The van der Waals surface area contributed by atoms with Gasteiger partial charge in [-0.05, 0) is 42.7 Å². The van der Waals surface area contributed by atoms with E-state index in [0.29, 0.717) is 13.0 Å². The number of hydrogen-bond acceptors (Lipinski definition) is 4. The third kappa shape index (κ3) is 2.87. The third-order valence-electron chi connectivity index (χ3n) is 4.69. The quantitative estimate of drug-likeness (QED) is 0.853. The lowest BCUT2D eigenvalue weighted by molar-refractivity contribution is 0.364. The van der Waals surface area contributed by atoms with Crippen molar-refractivity contribution in [2.75, 3.05) is 29.4 Å². The molecule has 23 heavy (non-hydrogen) atoms. The maximum Gasteiger partial charge on any atom is 0.131 e. The van der Waals surface area contributed by atoms with Crippen molar-refractivity contribution in [3.63, 3.8) is 0 Å². The SMILES string of the molecule is Cc1cc(N2CCc3ncccc3C2)nc(N2CC[C@@H](F)C2)c1. The Morgan fingerprint density at radius 2 is 2.00 bits per heavy atom. The molecule has 0 amide bonds. The number of aromatic nitrogens is 2. The summed E-state index contributed by atoms with van der Waals surface area (Å²) in [6.45, 7) is 5.06. The first-order valence-corrected chi connectivity index (χ1v) is 8.24. The number of pyridine rings is 2. The molecule has 0 unspecified atom stereocenters. The van der Waals surface area contributed by atoms with Gasteiger partial charge in [0.1, 0.15) is 17.8 Å². The molecule has 2 aliphatic heterocycles. The zero-order valence-electron chi connectivity index (χ0n) is 13.4. The average molecular weight is 312 g/mol. The summed E-state index contributed by atoms with van der Waals surface area (Å²) in [6, 6.07) is 8.30. The molecule has 4 rings (SSSR count). The summed E-state index contributed by atoms with van der Waals surface area (Å²) in [6.07, 6.45) is 2.68. The molecule has 4 heterocycles. The number of alkyl halides is 1. The van der Waals surface area contributed by atoms with Gasteiger partial charge in [-0.15, -0.1) is 0 Å². The zero-order chi connectivity index (χ0) is 15.8. The Morgan fingerprint density at radius 1 is 1.17 bits per heavy atom. The van der Waals surface area contributed by atoms with E-state index in [-0.39, 0.29) is 0 Å². The van der Waals surface area contributed by atoms with Crippen molar-refractivity contribution in [2.45, 2.75) is 32.5 Å². The minimum Gasteiger partial charge on any atom is -0.354 e. The summed E-state index contributed by atoms with van der Waals surface area (Å²) >= 11 is 0. The number of hydrogen-bond donors (Lipinski definition) is 0. The summed E-state index contributed by atoms with van der Waals surface area (Å²) in [4.78, 5) is 13.6. The molecule has 0 saturated carbocycles. The van der Waals surface area contributed by atoms with Gasteiger partial charge in [0.05, 0.1) is 6.54 Å². The van der Waals surface area contributed by atoms with Crippen LogP contribution in [0.3, 0.4) is 0 Å². The smallest absolute Gasteiger partial charge is 0.131 e. The van der Waals surface area contributed by atoms with E-state index < -0.39 is 6.17 Å². The Kier molecular flexibility index (Phi) is 3.63. The van der Waals surface area contributed by atoms with Gasteiger partial charge < -0.3 is 9.80 Å². The number of rotatable bonds is 2. The van der Waals surface area contributed by atoms with Crippen molar-refractivity contribution < 1.29 is 4.39 Å². The highest BCUT2D eigenvalue weighted by molar-refractivity contribution is 5.53. The second-order valence-electron chi connectivity index (χ2n) is 6.47. The van der Waals surface area contributed by atoms with Gasteiger partial charge >= 0.3 is 0 Å². The molecule has 0 radical (unpaired) electrons. The molecule has 4 nitrogen and oxygen atoms in total. The van der Waals surface area contributed by atoms with Gasteiger partial charge in [0, 0.05) is 37.9 Å². The lowest BCUT2D eigenvalue weighted by Crippen LogP contribution is -2.32. The molecule has 1 atom stereocenters. The molecule has 2 aromatic rings. The fourth-order valence-corrected chi connectivity index (χ4v) is 3.44. The largest absolute Gasteiger partial charge is 0.354 e. The molecular formula is C18H21FN4. The number of aryl methyl sites for hydroxylation is 1. The van der Waals surface area contributed by atoms with Gasteiger partial charge in [0.25, 0.3) is 0 Å². The molecule has 0 aliphatic carbocycles. The van der Waals surface area contributed by atoms with E-state index in [4.69, 9.17) is 4.98 Å². The predicted octanol–water partition coefficient (Wildman–Crippen LogP) is 2.90. The molecule has 5 heteroatoms. The highest BCUT2D eigenvalue weighted by Crippen LogP contribution is 2.27. The van der Waals surface area contributed by atoms with Crippen molar-refractivity contribution >= 4 is 11.6 Å². The van der Waals surface area contributed by atoms with E-state index in [2.05, 4.69) is 39.9 Å². The summed E-state index contributed by atoms with van der Waals surface area (Å²) < 4.78 is 13.5. The van der Waals surface area contributed by atoms with Crippen LogP contribution in [0.4, 0.5) is 16.0 Å². The van der Waals surface area contributed by atoms with E-state index in [1.165, 1.54) is 16.8 Å². The standard InChI is InChI=1S/C18H21FN4/c1-13-9-17(21-18(10-13)23-7-4-15(19)12-23)22-8-5-16-14(11-22)3-2-6-20-16/h2-3,6,9-10,15H,4-5,7-8,11-12H2,1H3/t15-/m1/s1. The van der Waals surface area contributed by atoms with E-state index in [0.717, 1.165) is 37.7 Å². The zero-order valence-corrected chi connectivity index (χ0v) is 13.4. The predicted molar refractivity (Wildman–Crippen MR) is 89.7 cm³/mol. The van der Waals surface area contributed by atoms with Crippen molar-refractivity contribution in [3.8, 4) is 0 Å². The fraction of sp³-hybridized carbons (Fsp3) is 0.444. The maximum absolute atomic E-state index is 13.5. The Morgan fingerprint density at radius 3 is 2.78 bits per heavy atom. The molecule has 2 aromatic heterocycles. The van der Waals surface area contributed by atoms with Crippen molar-refractivity contribution in [2.24, 2.45) is 0 Å². The highest BCUT2D eigenvalue weighted by atomic mass is 19.1. The lowest BCUT2D eigenvalue weighted by Gasteiger charge is -2.30. The summed E-state index contributed by atoms with van der Waals surface area (Å²) in [5, 5.41) is 0. The van der Waals surface area contributed by atoms with Crippen molar-refractivity contribution in [1.29, 1.82) is 0 Å². The van der Waals surface area contributed by atoms with Gasteiger partial charge in [0.2, 0.25) is 0 Å². The Balaban J connectivity index is 1.61. The summed E-state index contributed by atoms with van der Waals surface area (Å²) in [7, 11) is 0. The third-order valence-corrected chi connectivity index (χ3v) is 4.69. The summed E-state index contributed by atoms with van der Waals surface area (Å²) in [5.74, 6) is 1.88. The van der Waals surface area contributed by atoms with Crippen LogP contribution >= 0.6 is 0 Å². The molecule has 1 saturated heterocycles. The van der Waals surface area contributed by atoms with Crippen LogP contribution in [0.2, 0.25) is 0 Å². The van der Waals surface area contributed by atoms with E-state index in [1.807, 2.05) is 12.3 Å². The molecule has 0 N–H and O–H groups in total. The highest BCUT2D eigenvalue weighted by Gasteiger charge is 2.24. The second kappa shape index (κ2) is 5.80. The Hall–Kier alpha value is -2.17. The van der Waals surface area contributed by atoms with E-state index >= 15 is 0 Å². The van der Waals surface area contributed by atoms with Crippen LogP contribution in [0, 0.1) is 6.92 Å². The van der Waals surface area contributed by atoms with Crippen LogP contribution in [-0.4, -0.2) is 35.8 Å². The number of anilines is 2. The summed E-state index contributed by atoms with van der Waals surface area (Å²) in [5.41, 5.74) is 3.63. The fourth-order valence-electron chi connectivity index (χ4n) is 3.44. The minimum absolute atomic E-state index is 0.461. The lowest BCUT2D eigenvalue weighted by atomic mass is 10.1. The van der Waals surface area contributed by atoms with Crippen molar-refractivity contribution in [1.82, 2.24) is 9.97 Å². The molecule has 0 aromatic carbocycles. The van der Waals surface area contributed by atoms with Crippen LogP contribution in [0.15, 0.2) is 30.5 Å². The van der Waals surface area contributed by atoms with E-state index in [9.17, 15) is 4.39 Å². The van der Waals surface area contributed by atoms with Gasteiger partial charge in [0.15, 0.2) is 0 Å². The van der Waals surface area contributed by atoms with Crippen molar-refractivity contribution in [3.05, 3.63) is 47.3 Å². The van der Waals surface area contributed by atoms with E-state index in [1.54, 1.807) is 0 Å². The van der Waals surface area contributed by atoms with Crippen LogP contribution in [0.1, 0.15) is 23.2 Å². The first-order chi connectivity index (χ1) is 11.2. The van der Waals surface area contributed by atoms with Gasteiger partial charge in [-0.1, -0.05) is 6.07 Å². The topological polar surface area (TPSA) is 32.3 Å². The van der Waals surface area contributed by atoms with Crippen LogP contribution in [0.25, 0.3) is 0 Å². The van der Waals surface area contributed by atoms with Gasteiger partial charge in [-0.25, -0.2) is 9.37 Å². The molecule has 0 spiro atoms. The monoisotopic (exact) mass is 312 g/mol. The maximum atomic E-state index is 13.5. The Labute approximate surface area is 136 Å². The van der Waals surface area contributed by atoms with Crippen LogP contribution in [0.5, 0.6) is 0 Å². The normalized spacial score (nSPS) is 20.7. The van der Waals surface area contributed by atoms with Gasteiger partial charge in [-0.3, -0.25) is 4.98 Å². The molecule has 1 fully saturated rings. The first-order valence-electron chi connectivity index (χ1n) is 8.24. The second-order valence-corrected chi connectivity index (χ2v) is 6.47. The molecule has 0 bridgehead atoms. The Bertz CT molecular complexity index is 718. The number of halogens is 1. The molecule has 2 aliphatic rings. The first kappa shape index (κ1) is 14.4. The van der Waals surface area contributed by atoms with Crippen LogP contribution in [-0.2, 0) is 13.0 Å². The average Bonchev–Trinajstić information content (AvgIpc) is 3.00. The number of fused-ring (bicyclic) bond motifs is 1. The number of nitrogens with zero attached hydrogens (tertiary/aromatic N) is 4. The van der Waals surface area contributed by atoms with Gasteiger partial charge in [-0.2, -0.15) is 0 Å². The molecule has 120 valence electrons. The molecular weight excluding hydrogens is 291 g/mol. The minimum atomic E-state index is -0.728.